The van der Waals surface area contributed by atoms with Crippen molar-refractivity contribution in [1.29, 1.82) is 0 Å². The van der Waals surface area contributed by atoms with Gasteiger partial charge in [0, 0.05) is 25.2 Å². The van der Waals surface area contributed by atoms with E-state index in [4.69, 9.17) is 4.74 Å². The lowest BCUT2D eigenvalue weighted by Crippen LogP contribution is -2.57. The van der Waals surface area contributed by atoms with E-state index in [1.54, 1.807) is 0 Å². The molecule has 0 spiro atoms. The van der Waals surface area contributed by atoms with E-state index in [1.807, 2.05) is 20.8 Å². The first-order valence-corrected chi connectivity index (χ1v) is 9.84. The Kier molecular flexibility index (Phi) is 5.40. The van der Waals surface area contributed by atoms with Gasteiger partial charge in [0.1, 0.15) is 5.60 Å². The molecular weight excluding hydrogens is 302 g/mol. The average molecular weight is 338 g/mol. The number of alkyl carbamates (subject to hydrolysis) is 1. The van der Waals surface area contributed by atoms with E-state index in [0.29, 0.717) is 18.6 Å². The maximum absolute atomic E-state index is 11.9. The van der Waals surface area contributed by atoms with Gasteiger partial charge >= 0.3 is 6.09 Å². The van der Waals surface area contributed by atoms with Gasteiger partial charge in [0.05, 0.1) is 0 Å². The van der Waals surface area contributed by atoms with E-state index in [1.165, 1.54) is 45.4 Å². The van der Waals surface area contributed by atoms with Gasteiger partial charge in [-0.3, -0.25) is 9.80 Å². The van der Waals surface area contributed by atoms with Crippen molar-refractivity contribution in [1.82, 2.24) is 15.1 Å². The largest absolute Gasteiger partial charge is 0.444 e. The highest BCUT2D eigenvalue weighted by molar-refractivity contribution is 5.67. The number of rotatable bonds is 5. The topological polar surface area (TPSA) is 44.8 Å². The molecular formula is C19H35N3O2. The first-order valence-electron chi connectivity index (χ1n) is 9.84. The smallest absolute Gasteiger partial charge is 0.407 e. The van der Waals surface area contributed by atoms with Gasteiger partial charge in [-0.25, -0.2) is 4.79 Å². The Morgan fingerprint density at radius 3 is 2.58 bits per heavy atom. The van der Waals surface area contributed by atoms with Gasteiger partial charge in [0.2, 0.25) is 0 Å². The van der Waals surface area contributed by atoms with Crippen molar-refractivity contribution in [3.05, 3.63) is 0 Å². The highest BCUT2D eigenvalue weighted by atomic mass is 16.6. The Hall–Kier alpha value is -0.810. The maximum atomic E-state index is 11.9. The number of ether oxygens (including phenoxy) is 1. The van der Waals surface area contributed by atoms with Crippen LogP contribution >= 0.6 is 0 Å². The molecule has 5 heteroatoms. The summed E-state index contributed by atoms with van der Waals surface area (Å²) in [6.07, 6.45) is 4.74. The van der Waals surface area contributed by atoms with Crippen LogP contribution in [-0.2, 0) is 4.74 Å². The number of amides is 1. The van der Waals surface area contributed by atoms with Crippen LogP contribution in [0.25, 0.3) is 0 Å². The third-order valence-corrected chi connectivity index (χ3v) is 5.97. The van der Waals surface area contributed by atoms with Crippen LogP contribution in [0.2, 0.25) is 0 Å². The summed E-state index contributed by atoms with van der Waals surface area (Å²) < 4.78 is 5.36. The molecule has 0 aromatic heterocycles. The predicted molar refractivity (Wildman–Crippen MR) is 96.1 cm³/mol. The summed E-state index contributed by atoms with van der Waals surface area (Å²) >= 11 is 0. The lowest BCUT2D eigenvalue weighted by Gasteiger charge is -2.49. The van der Waals surface area contributed by atoms with Gasteiger partial charge in [0.25, 0.3) is 0 Å². The molecule has 1 amide bonds. The molecule has 1 N–H and O–H groups in total. The van der Waals surface area contributed by atoms with Crippen LogP contribution < -0.4 is 5.32 Å². The second kappa shape index (κ2) is 7.20. The van der Waals surface area contributed by atoms with Crippen molar-refractivity contribution < 1.29 is 9.53 Å². The van der Waals surface area contributed by atoms with E-state index in [2.05, 4.69) is 22.0 Å². The van der Waals surface area contributed by atoms with Crippen molar-refractivity contribution >= 4 is 6.09 Å². The fourth-order valence-electron chi connectivity index (χ4n) is 5.14. The van der Waals surface area contributed by atoms with Crippen molar-refractivity contribution in [2.75, 3.05) is 32.7 Å². The van der Waals surface area contributed by atoms with Gasteiger partial charge < -0.3 is 10.1 Å². The van der Waals surface area contributed by atoms with E-state index < -0.39 is 5.60 Å². The Labute approximate surface area is 147 Å². The van der Waals surface area contributed by atoms with Gasteiger partial charge in [0.15, 0.2) is 0 Å². The molecule has 4 aliphatic rings. The number of piperidine rings is 3. The third kappa shape index (κ3) is 3.88. The quantitative estimate of drug-likeness (QED) is 0.838. The number of nitrogens with one attached hydrogen (secondary N) is 1. The monoisotopic (exact) mass is 337 g/mol. The highest BCUT2D eigenvalue weighted by Crippen LogP contribution is 2.44. The second-order valence-corrected chi connectivity index (χ2v) is 8.81. The molecule has 4 fully saturated rings. The number of nitrogens with zero attached hydrogens (tertiary/aromatic N) is 2. The molecule has 24 heavy (non-hydrogen) atoms. The number of carbonyl (C=O) groups excluding carboxylic acids is 1. The number of hydrogen-bond acceptors (Lipinski definition) is 4. The molecule has 2 bridgehead atoms. The first kappa shape index (κ1) is 18.0. The average Bonchev–Trinajstić information content (AvgIpc) is 2.88. The Morgan fingerprint density at radius 2 is 1.96 bits per heavy atom. The molecule has 4 heterocycles. The fourth-order valence-corrected chi connectivity index (χ4v) is 5.14. The maximum Gasteiger partial charge on any atom is 0.407 e. The van der Waals surface area contributed by atoms with E-state index in [9.17, 15) is 4.79 Å². The van der Waals surface area contributed by atoms with Gasteiger partial charge in [-0.15, -0.1) is 0 Å². The highest BCUT2D eigenvalue weighted by Gasteiger charge is 2.51. The minimum absolute atomic E-state index is 0.287. The van der Waals surface area contributed by atoms with Gasteiger partial charge in [-0.1, -0.05) is 6.92 Å². The van der Waals surface area contributed by atoms with Crippen molar-refractivity contribution in [3.8, 4) is 0 Å². The molecule has 3 unspecified atom stereocenters. The van der Waals surface area contributed by atoms with Crippen molar-refractivity contribution in [3.63, 3.8) is 0 Å². The Balaban J connectivity index is 1.57. The first-order chi connectivity index (χ1) is 11.4. The molecule has 5 nitrogen and oxygen atoms in total. The van der Waals surface area contributed by atoms with Crippen LogP contribution in [0, 0.1) is 11.8 Å². The number of likely N-dealkylation sites (tertiary alicyclic amines) is 1. The molecule has 3 atom stereocenters. The molecule has 0 aromatic carbocycles. The van der Waals surface area contributed by atoms with Crippen molar-refractivity contribution in [2.24, 2.45) is 11.8 Å². The number of fused-ring (bicyclic) bond motifs is 2. The van der Waals surface area contributed by atoms with E-state index >= 15 is 0 Å². The van der Waals surface area contributed by atoms with Crippen LogP contribution in [0.5, 0.6) is 0 Å². The summed E-state index contributed by atoms with van der Waals surface area (Å²) in [5.74, 6) is 1.79. The second-order valence-electron chi connectivity index (χ2n) is 8.81. The molecule has 0 aliphatic carbocycles. The zero-order valence-corrected chi connectivity index (χ0v) is 15.9. The van der Waals surface area contributed by atoms with Crippen LogP contribution in [0.15, 0.2) is 0 Å². The van der Waals surface area contributed by atoms with Gasteiger partial charge in [-0.05, 0) is 77.9 Å². The summed E-state index contributed by atoms with van der Waals surface area (Å²) in [6.45, 7) is 13.7. The minimum atomic E-state index is -0.426. The predicted octanol–water partition coefficient (Wildman–Crippen LogP) is 2.71. The third-order valence-electron chi connectivity index (χ3n) is 5.97. The van der Waals surface area contributed by atoms with Crippen LogP contribution in [0.3, 0.4) is 0 Å². The summed E-state index contributed by atoms with van der Waals surface area (Å²) in [7, 11) is 0. The van der Waals surface area contributed by atoms with E-state index in [-0.39, 0.29) is 6.09 Å². The SMILES string of the molecule is CCCN1CC2C3CCN(CC3)C2C1CCNC(=O)OC(C)(C)C. The van der Waals surface area contributed by atoms with E-state index in [0.717, 1.165) is 18.3 Å². The van der Waals surface area contributed by atoms with Crippen LogP contribution in [-0.4, -0.2) is 66.3 Å². The Morgan fingerprint density at radius 1 is 1.25 bits per heavy atom. The normalized spacial score (nSPS) is 35.8. The minimum Gasteiger partial charge on any atom is -0.444 e. The number of carbonyl (C=O) groups is 1. The van der Waals surface area contributed by atoms with Crippen LogP contribution in [0.1, 0.15) is 53.4 Å². The summed E-state index contributed by atoms with van der Waals surface area (Å²) in [5.41, 5.74) is -0.426. The lowest BCUT2D eigenvalue weighted by molar-refractivity contribution is 0.00214. The fraction of sp³-hybridized carbons (Fsp3) is 0.947. The van der Waals surface area contributed by atoms with Crippen molar-refractivity contribution in [2.45, 2.75) is 71.1 Å². The molecule has 138 valence electrons. The zero-order chi connectivity index (χ0) is 17.3. The molecule has 4 rings (SSSR count). The summed E-state index contributed by atoms with van der Waals surface area (Å²) in [5, 5.41) is 2.96. The summed E-state index contributed by atoms with van der Waals surface area (Å²) in [4.78, 5) is 17.3. The summed E-state index contributed by atoms with van der Waals surface area (Å²) in [6, 6.07) is 1.30. The molecule has 4 saturated heterocycles. The zero-order valence-electron chi connectivity index (χ0n) is 15.9. The van der Waals surface area contributed by atoms with Gasteiger partial charge in [-0.2, -0.15) is 0 Å². The standard InChI is InChI=1S/C19H35N3O2/c1-5-10-22-13-15-14-7-11-21(12-8-14)17(15)16(22)6-9-20-18(23)24-19(2,3)4/h14-17H,5-13H2,1-4H3,(H,20,23). The Bertz CT molecular complexity index is 440. The van der Waals surface area contributed by atoms with Crippen LogP contribution in [0.4, 0.5) is 4.79 Å². The molecule has 0 saturated carbocycles. The molecule has 0 radical (unpaired) electrons. The molecule has 4 aliphatic heterocycles. The lowest BCUT2D eigenvalue weighted by atomic mass is 9.73. The molecule has 0 aromatic rings. The number of hydrogen-bond donors (Lipinski definition) is 1.